The monoisotopic (exact) mass is 293 g/mol. The van der Waals surface area contributed by atoms with Crippen molar-refractivity contribution in [2.45, 2.75) is 50.4 Å². The highest BCUT2D eigenvalue weighted by molar-refractivity contribution is 7.07. The summed E-state index contributed by atoms with van der Waals surface area (Å²) in [7, 11) is 1.90. The second-order valence-corrected chi connectivity index (χ2v) is 6.95. The van der Waals surface area contributed by atoms with E-state index >= 15 is 0 Å². The summed E-state index contributed by atoms with van der Waals surface area (Å²) in [4.78, 5) is 16.6. The van der Waals surface area contributed by atoms with Crippen molar-refractivity contribution in [1.82, 2.24) is 9.80 Å². The largest absolute Gasteiger partial charge is 0.340 e. The first kappa shape index (κ1) is 14.0. The number of amides is 1. The Bertz CT molecular complexity index is 448. The van der Waals surface area contributed by atoms with Gasteiger partial charge in [-0.05, 0) is 48.1 Å². The first-order valence-electron chi connectivity index (χ1n) is 7.40. The van der Waals surface area contributed by atoms with Crippen LogP contribution in [-0.2, 0) is 11.3 Å². The molecular formula is C15H23N3OS. The molecule has 2 saturated heterocycles. The number of carbonyl (C=O) groups excluding carboxylic acids is 1. The molecule has 2 unspecified atom stereocenters. The number of thiophene rings is 1. The van der Waals surface area contributed by atoms with Gasteiger partial charge in [-0.3, -0.25) is 9.69 Å². The quantitative estimate of drug-likeness (QED) is 0.918. The highest BCUT2D eigenvalue weighted by Crippen LogP contribution is 2.34. The Balaban J connectivity index is 1.56. The van der Waals surface area contributed by atoms with Crippen LogP contribution in [0.1, 0.15) is 31.2 Å². The van der Waals surface area contributed by atoms with E-state index in [-0.39, 0.29) is 5.91 Å². The molecule has 0 radical (unpaired) electrons. The van der Waals surface area contributed by atoms with Gasteiger partial charge < -0.3 is 10.6 Å². The van der Waals surface area contributed by atoms with Crippen LogP contribution in [0.3, 0.4) is 0 Å². The second-order valence-electron chi connectivity index (χ2n) is 6.17. The van der Waals surface area contributed by atoms with Crippen molar-refractivity contribution in [2.24, 2.45) is 5.73 Å². The van der Waals surface area contributed by atoms with Gasteiger partial charge in [-0.15, -0.1) is 0 Å². The Morgan fingerprint density at radius 2 is 2.15 bits per heavy atom. The van der Waals surface area contributed by atoms with Gasteiger partial charge in [0, 0.05) is 31.7 Å². The zero-order chi connectivity index (χ0) is 14.1. The molecule has 2 aliphatic rings. The van der Waals surface area contributed by atoms with Crippen molar-refractivity contribution in [3.63, 3.8) is 0 Å². The summed E-state index contributed by atoms with van der Waals surface area (Å²) in [5.74, 6) is 0.226. The van der Waals surface area contributed by atoms with Gasteiger partial charge in [-0.25, -0.2) is 0 Å². The van der Waals surface area contributed by atoms with Crippen LogP contribution in [0.25, 0.3) is 0 Å². The van der Waals surface area contributed by atoms with Gasteiger partial charge >= 0.3 is 0 Å². The molecule has 1 amide bonds. The molecule has 1 aromatic rings. The van der Waals surface area contributed by atoms with E-state index in [2.05, 4.69) is 21.7 Å². The van der Waals surface area contributed by atoms with E-state index < -0.39 is 0 Å². The Kier molecular flexibility index (Phi) is 4.10. The average Bonchev–Trinajstić information content (AvgIpc) is 2.98. The number of nitrogens with two attached hydrogens (primary N) is 1. The summed E-state index contributed by atoms with van der Waals surface area (Å²) in [6.45, 7) is 1.27. The zero-order valence-electron chi connectivity index (χ0n) is 12.0. The van der Waals surface area contributed by atoms with E-state index in [9.17, 15) is 4.79 Å². The number of fused-ring (bicyclic) bond motifs is 2. The predicted octanol–water partition coefficient (Wildman–Crippen LogP) is 1.66. The molecule has 1 aromatic heterocycles. The number of hydrogen-bond donors (Lipinski definition) is 1. The lowest BCUT2D eigenvalue weighted by Crippen LogP contribution is -2.50. The fourth-order valence-corrected chi connectivity index (χ4v) is 4.26. The molecule has 2 atom stereocenters. The van der Waals surface area contributed by atoms with Gasteiger partial charge in [0.1, 0.15) is 0 Å². The number of likely N-dealkylation sites (N-methyl/N-ethyl adjacent to an activating group) is 1. The number of nitrogens with zero attached hydrogens (tertiary/aromatic N) is 2. The Morgan fingerprint density at radius 1 is 1.45 bits per heavy atom. The van der Waals surface area contributed by atoms with E-state index in [1.165, 1.54) is 18.4 Å². The van der Waals surface area contributed by atoms with E-state index in [1.54, 1.807) is 11.3 Å². The minimum atomic E-state index is 0.226. The number of hydrogen-bond acceptors (Lipinski definition) is 4. The molecule has 2 aliphatic heterocycles. The number of carbonyl (C=O) groups is 1. The lowest BCUT2D eigenvalue weighted by molar-refractivity contribution is -0.132. The average molecular weight is 293 g/mol. The lowest BCUT2D eigenvalue weighted by Gasteiger charge is -2.37. The van der Waals surface area contributed by atoms with E-state index in [1.807, 2.05) is 11.9 Å². The van der Waals surface area contributed by atoms with Gasteiger partial charge in [-0.1, -0.05) is 0 Å². The van der Waals surface area contributed by atoms with Gasteiger partial charge in [0.15, 0.2) is 0 Å². The summed E-state index contributed by atoms with van der Waals surface area (Å²) in [5.41, 5.74) is 7.29. The topological polar surface area (TPSA) is 49.6 Å². The first-order valence-corrected chi connectivity index (χ1v) is 8.34. The first-order chi connectivity index (χ1) is 9.63. The number of rotatable bonds is 4. The van der Waals surface area contributed by atoms with Crippen molar-refractivity contribution < 1.29 is 4.79 Å². The van der Waals surface area contributed by atoms with Crippen LogP contribution < -0.4 is 5.73 Å². The van der Waals surface area contributed by atoms with Crippen molar-refractivity contribution in [1.29, 1.82) is 0 Å². The summed E-state index contributed by atoms with van der Waals surface area (Å²) in [6.07, 6.45) is 4.52. The van der Waals surface area contributed by atoms with E-state index in [0.29, 0.717) is 31.2 Å². The van der Waals surface area contributed by atoms with Crippen LogP contribution in [0.15, 0.2) is 16.8 Å². The standard InChI is InChI=1S/C15H23N3OS/c1-17(8-11-4-5-20-10-11)15(19)9-18-13-2-3-14(18)7-12(16)6-13/h4-5,10,12-14H,2-3,6-9,16H2,1H3. The summed E-state index contributed by atoms with van der Waals surface area (Å²) in [6, 6.07) is 3.48. The molecule has 2 N–H and O–H groups in total. The van der Waals surface area contributed by atoms with Crippen LogP contribution in [0.5, 0.6) is 0 Å². The molecule has 3 heterocycles. The van der Waals surface area contributed by atoms with Gasteiger partial charge in [0.2, 0.25) is 5.91 Å². The van der Waals surface area contributed by atoms with Gasteiger partial charge in [0.05, 0.1) is 6.54 Å². The normalized spacial score (nSPS) is 29.6. The SMILES string of the molecule is CN(Cc1ccsc1)C(=O)CN1C2CCC1CC(N)C2. The molecule has 3 rings (SSSR count). The Morgan fingerprint density at radius 3 is 2.75 bits per heavy atom. The fraction of sp³-hybridized carbons (Fsp3) is 0.667. The summed E-state index contributed by atoms with van der Waals surface area (Å²) in [5, 5.41) is 4.16. The van der Waals surface area contributed by atoms with Crippen LogP contribution in [0.2, 0.25) is 0 Å². The van der Waals surface area contributed by atoms with Crippen LogP contribution >= 0.6 is 11.3 Å². The molecule has 0 spiro atoms. The van der Waals surface area contributed by atoms with E-state index in [4.69, 9.17) is 5.73 Å². The minimum absolute atomic E-state index is 0.226. The second kappa shape index (κ2) is 5.84. The molecule has 110 valence electrons. The molecule has 0 aromatic carbocycles. The van der Waals surface area contributed by atoms with Crippen molar-refractivity contribution in [2.75, 3.05) is 13.6 Å². The third-order valence-corrected chi connectivity index (χ3v) is 5.40. The highest BCUT2D eigenvalue weighted by atomic mass is 32.1. The third-order valence-electron chi connectivity index (χ3n) is 4.66. The van der Waals surface area contributed by atoms with Crippen molar-refractivity contribution in [3.8, 4) is 0 Å². The predicted molar refractivity (Wildman–Crippen MR) is 81.5 cm³/mol. The zero-order valence-corrected chi connectivity index (χ0v) is 12.8. The third kappa shape index (κ3) is 2.90. The molecule has 4 nitrogen and oxygen atoms in total. The molecule has 20 heavy (non-hydrogen) atoms. The van der Waals surface area contributed by atoms with Gasteiger partial charge in [0.25, 0.3) is 0 Å². The maximum Gasteiger partial charge on any atom is 0.236 e. The van der Waals surface area contributed by atoms with Crippen molar-refractivity contribution >= 4 is 17.2 Å². The highest BCUT2D eigenvalue weighted by Gasteiger charge is 2.40. The molecular weight excluding hydrogens is 270 g/mol. The van der Waals surface area contributed by atoms with Crippen LogP contribution in [-0.4, -0.2) is 47.4 Å². The summed E-state index contributed by atoms with van der Waals surface area (Å²) < 4.78 is 0. The maximum atomic E-state index is 12.4. The van der Waals surface area contributed by atoms with Crippen LogP contribution in [0.4, 0.5) is 0 Å². The minimum Gasteiger partial charge on any atom is -0.340 e. The Hall–Kier alpha value is -0.910. The molecule has 2 bridgehead atoms. The molecule has 5 heteroatoms. The van der Waals surface area contributed by atoms with Crippen molar-refractivity contribution in [3.05, 3.63) is 22.4 Å². The van der Waals surface area contributed by atoms with Crippen LogP contribution in [0, 0.1) is 0 Å². The lowest BCUT2D eigenvalue weighted by atomic mass is 9.98. The molecule has 0 aliphatic carbocycles. The molecule has 0 saturated carbocycles. The summed E-state index contributed by atoms with van der Waals surface area (Å²) >= 11 is 1.68. The van der Waals surface area contributed by atoms with Gasteiger partial charge in [-0.2, -0.15) is 11.3 Å². The Labute approximate surface area is 124 Å². The number of piperidine rings is 1. The van der Waals surface area contributed by atoms with E-state index in [0.717, 1.165) is 12.8 Å². The maximum absolute atomic E-state index is 12.4. The smallest absolute Gasteiger partial charge is 0.236 e. The molecule has 2 fully saturated rings. The fourth-order valence-electron chi connectivity index (χ4n) is 3.60.